The average molecular weight is 253 g/mol. The topological polar surface area (TPSA) is 3.24 Å². The van der Waals surface area contributed by atoms with Crippen molar-refractivity contribution in [2.45, 2.75) is 80.3 Å². The zero-order valence-electron chi connectivity index (χ0n) is 14.6. The van der Waals surface area contributed by atoms with Crippen LogP contribution < -0.4 is 0 Å². The van der Waals surface area contributed by atoms with E-state index >= 15 is 0 Å². The molecular formula is C17H35N. The van der Waals surface area contributed by atoms with Crippen LogP contribution in [-0.2, 0) is 0 Å². The Hall–Kier alpha value is -0.0400. The van der Waals surface area contributed by atoms with E-state index in [-0.39, 0.29) is 11.1 Å². The molecule has 1 aliphatic rings. The molecule has 0 spiro atoms. The second-order valence-electron chi connectivity index (χ2n) is 8.39. The monoisotopic (exact) mass is 253 g/mol. The highest BCUT2D eigenvalue weighted by Crippen LogP contribution is 2.68. The normalized spacial score (nSPS) is 39.8. The Morgan fingerprint density at radius 3 is 1.00 bits per heavy atom. The van der Waals surface area contributed by atoms with Crippen LogP contribution in [0.5, 0.6) is 0 Å². The fourth-order valence-electron chi connectivity index (χ4n) is 5.28. The van der Waals surface area contributed by atoms with Crippen LogP contribution in [0.1, 0.15) is 69.2 Å². The number of hydrogen-bond acceptors (Lipinski definition) is 1. The predicted molar refractivity (Wildman–Crippen MR) is 81.8 cm³/mol. The first-order valence-electron chi connectivity index (χ1n) is 7.53. The van der Waals surface area contributed by atoms with Crippen molar-refractivity contribution in [1.82, 2.24) is 4.90 Å². The van der Waals surface area contributed by atoms with E-state index in [2.05, 4.69) is 81.2 Å². The van der Waals surface area contributed by atoms with Gasteiger partial charge in [-0.05, 0) is 57.4 Å². The van der Waals surface area contributed by atoms with Gasteiger partial charge in [-0.2, -0.15) is 0 Å². The summed E-state index contributed by atoms with van der Waals surface area (Å²) in [7, 11) is 2.31. The Morgan fingerprint density at radius 1 is 0.611 bits per heavy atom. The third-order valence-corrected chi connectivity index (χ3v) is 7.61. The molecule has 0 saturated carbocycles. The van der Waals surface area contributed by atoms with E-state index in [1.54, 1.807) is 0 Å². The van der Waals surface area contributed by atoms with Gasteiger partial charge in [-0.1, -0.05) is 41.5 Å². The highest BCUT2D eigenvalue weighted by Gasteiger charge is 2.71. The molecule has 1 nitrogen and oxygen atoms in total. The first-order chi connectivity index (χ1) is 7.79. The van der Waals surface area contributed by atoms with E-state index < -0.39 is 0 Å². The number of likely N-dealkylation sites (tertiary alicyclic amines) is 1. The van der Waals surface area contributed by atoms with Crippen molar-refractivity contribution in [2.24, 2.45) is 22.7 Å². The molecule has 0 bridgehead atoms. The van der Waals surface area contributed by atoms with Crippen molar-refractivity contribution in [1.29, 1.82) is 0 Å². The van der Waals surface area contributed by atoms with Gasteiger partial charge in [-0.3, -0.25) is 4.90 Å². The van der Waals surface area contributed by atoms with Crippen molar-refractivity contribution >= 4 is 0 Å². The molecule has 1 aliphatic heterocycles. The summed E-state index contributed by atoms with van der Waals surface area (Å²) in [5, 5.41) is 0. The van der Waals surface area contributed by atoms with E-state index in [0.29, 0.717) is 22.7 Å². The minimum absolute atomic E-state index is 0.212. The highest BCUT2D eigenvalue weighted by molar-refractivity contribution is 5.23. The van der Waals surface area contributed by atoms with Crippen LogP contribution in [0.3, 0.4) is 0 Å². The Bertz CT molecular complexity index is 295. The summed E-state index contributed by atoms with van der Waals surface area (Å²) >= 11 is 0. The van der Waals surface area contributed by atoms with Crippen LogP contribution in [0, 0.1) is 22.7 Å². The smallest absolute Gasteiger partial charge is 0.0217 e. The van der Waals surface area contributed by atoms with E-state index in [1.807, 2.05) is 0 Å². The molecule has 0 unspecified atom stereocenters. The van der Waals surface area contributed by atoms with Crippen molar-refractivity contribution in [3.05, 3.63) is 0 Å². The molecule has 108 valence electrons. The van der Waals surface area contributed by atoms with E-state index in [4.69, 9.17) is 0 Å². The molecule has 18 heavy (non-hydrogen) atoms. The molecule has 0 N–H and O–H groups in total. The standard InChI is InChI=1S/C17H35N/c1-12(2)16(9)14(5,6)18(11)15(7,8)17(16,10)13(3)4/h12-13H,1-11H3/t16-,17-/m0/s1. The Balaban J connectivity index is 3.64. The molecular weight excluding hydrogens is 218 g/mol. The van der Waals surface area contributed by atoms with E-state index in [0.717, 1.165) is 0 Å². The number of nitrogens with zero attached hydrogens (tertiary/aromatic N) is 1. The minimum atomic E-state index is 0.212. The molecule has 0 aromatic rings. The largest absolute Gasteiger partial charge is 0.295 e. The first kappa shape index (κ1) is 16.0. The fraction of sp³-hybridized carbons (Fsp3) is 1.00. The van der Waals surface area contributed by atoms with E-state index in [9.17, 15) is 0 Å². The van der Waals surface area contributed by atoms with Gasteiger partial charge in [0.2, 0.25) is 0 Å². The maximum atomic E-state index is 2.62. The van der Waals surface area contributed by atoms with Gasteiger partial charge < -0.3 is 0 Å². The molecule has 0 aliphatic carbocycles. The fourth-order valence-corrected chi connectivity index (χ4v) is 5.28. The summed E-state index contributed by atoms with van der Waals surface area (Å²) in [5.74, 6) is 1.34. The van der Waals surface area contributed by atoms with Gasteiger partial charge in [0.15, 0.2) is 0 Å². The van der Waals surface area contributed by atoms with Crippen molar-refractivity contribution in [3.63, 3.8) is 0 Å². The van der Waals surface area contributed by atoms with Gasteiger partial charge in [0, 0.05) is 11.1 Å². The summed E-state index contributed by atoms with van der Waals surface area (Å²) in [5.41, 5.74) is 1.02. The molecule has 0 amide bonds. The van der Waals surface area contributed by atoms with Gasteiger partial charge in [-0.25, -0.2) is 0 Å². The molecule has 1 heterocycles. The Morgan fingerprint density at radius 2 is 0.833 bits per heavy atom. The van der Waals surface area contributed by atoms with E-state index in [1.165, 1.54) is 0 Å². The zero-order chi connectivity index (χ0) is 14.7. The second kappa shape index (κ2) is 3.98. The number of rotatable bonds is 2. The minimum Gasteiger partial charge on any atom is -0.295 e. The van der Waals surface area contributed by atoms with Crippen LogP contribution in [0.4, 0.5) is 0 Å². The molecule has 1 heteroatoms. The lowest BCUT2D eigenvalue weighted by Gasteiger charge is -2.55. The maximum absolute atomic E-state index is 2.62. The molecule has 0 radical (unpaired) electrons. The molecule has 2 atom stereocenters. The van der Waals surface area contributed by atoms with Crippen molar-refractivity contribution in [2.75, 3.05) is 7.05 Å². The molecule has 0 aromatic carbocycles. The quantitative estimate of drug-likeness (QED) is 0.682. The molecule has 1 rings (SSSR count). The van der Waals surface area contributed by atoms with Crippen LogP contribution in [0.2, 0.25) is 0 Å². The Labute approximate surface area is 115 Å². The van der Waals surface area contributed by atoms with Crippen LogP contribution >= 0.6 is 0 Å². The lowest BCUT2D eigenvalue weighted by Crippen LogP contribution is -2.55. The van der Waals surface area contributed by atoms with Crippen LogP contribution in [0.25, 0.3) is 0 Å². The molecule has 1 saturated heterocycles. The lowest BCUT2D eigenvalue weighted by atomic mass is 9.48. The van der Waals surface area contributed by atoms with Crippen molar-refractivity contribution < 1.29 is 0 Å². The SMILES string of the molecule is CC(C)[C@@]1(C)C(C)(C)N(C)C(C)(C)[C@]1(C)C(C)C. The summed E-state index contributed by atoms with van der Waals surface area (Å²) in [6.45, 7) is 24.4. The predicted octanol–water partition coefficient (Wildman–Crippen LogP) is 4.81. The second-order valence-corrected chi connectivity index (χ2v) is 8.39. The highest BCUT2D eigenvalue weighted by atomic mass is 15.3. The van der Waals surface area contributed by atoms with Crippen molar-refractivity contribution in [3.8, 4) is 0 Å². The summed E-state index contributed by atoms with van der Waals surface area (Å²) in [6, 6.07) is 0. The summed E-state index contributed by atoms with van der Waals surface area (Å²) in [4.78, 5) is 2.62. The van der Waals surface area contributed by atoms with Gasteiger partial charge in [0.1, 0.15) is 0 Å². The van der Waals surface area contributed by atoms with Crippen LogP contribution in [0.15, 0.2) is 0 Å². The maximum Gasteiger partial charge on any atom is 0.0217 e. The van der Waals surface area contributed by atoms with Crippen LogP contribution in [-0.4, -0.2) is 23.0 Å². The summed E-state index contributed by atoms with van der Waals surface area (Å²) in [6.07, 6.45) is 0. The first-order valence-corrected chi connectivity index (χ1v) is 7.53. The third-order valence-electron chi connectivity index (χ3n) is 7.61. The Kier molecular flexibility index (Phi) is 3.54. The van der Waals surface area contributed by atoms with Gasteiger partial charge in [0.05, 0.1) is 0 Å². The van der Waals surface area contributed by atoms with Gasteiger partial charge in [-0.15, -0.1) is 0 Å². The summed E-state index contributed by atoms with van der Waals surface area (Å²) < 4.78 is 0. The molecule has 0 aromatic heterocycles. The lowest BCUT2D eigenvalue weighted by molar-refractivity contribution is -0.0473. The number of hydrogen-bond donors (Lipinski definition) is 0. The van der Waals surface area contributed by atoms with Gasteiger partial charge in [0.25, 0.3) is 0 Å². The zero-order valence-corrected chi connectivity index (χ0v) is 14.6. The molecule has 1 fully saturated rings. The van der Waals surface area contributed by atoms with Gasteiger partial charge >= 0.3 is 0 Å². The average Bonchev–Trinajstić information content (AvgIpc) is 2.30. The third kappa shape index (κ3) is 1.38.